The van der Waals surface area contributed by atoms with E-state index in [1.54, 1.807) is 7.11 Å². The van der Waals surface area contributed by atoms with Gasteiger partial charge in [0.1, 0.15) is 23.5 Å². The first-order chi connectivity index (χ1) is 13.3. The first kappa shape index (κ1) is 16.6. The average Bonchev–Trinajstić information content (AvgIpc) is 3.19. The second-order valence-corrected chi connectivity index (χ2v) is 7.08. The van der Waals surface area contributed by atoms with Crippen LogP contribution in [0.25, 0.3) is 0 Å². The van der Waals surface area contributed by atoms with Gasteiger partial charge in [0.2, 0.25) is 5.91 Å². The summed E-state index contributed by atoms with van der Waals surface area (Å²) in [6.07, 6.45) is 0.783. The van der Waals surface area contributed by atoms with Crippen LogP contribution in [0.15, 0.2) is 36.4 Å². The number of hydrogen-bond acceptors (Lipinski definition) is 5. The molecule has 6 heteroatoms. The minimum absolute atomic E-state index is 0.0607. The summed E-state index contributed by atoms with van der Waals surface area (Å²) in [5, 5.41) is 0. The highest BCUT2D eigenvalue weighted by Gasteiger charge is 2.57. The molecule has 2 aromatic carbocycles. The Labute approximate surface area is 157 Å². The molecule has 0 N–H and O–H groups in total. The smallest absolute Gasteiger partial charge is 0.245 e. The maximum Gasteiger partial charge on any atom is 0.245 e. The van der Waals surface area contributed by atoms with Gasteiger partial charge in [0.15, 0.2) is 6.79 Å². The van der Waals surface area contributed by atoms with Crippen LogP contribution in [-0.2, 0) is 26.3 Å². The number of amides is 1. The molecule has 3 aliphatic rings. The maximum atomic E-state index is 13.7. The largest absolute Gasteiger partial charge is 0.491 e. The Morgan fingerprint density at radius 1 is 1.15 bits per heavy atom. The number of para-hydroxylation sites is 1. The third-order valence-corrected chi connectivity index (χ3v) is 5.62. The van der Waals surface area contributed by atoms with E-state index in [9.17, 15) is 4.79 Å². The number of carbonyl (C=O) groups is 1. The molecular weight excluding hydrogens is 346 g/mol. The summed E-state index contributed by atoms with van der Waals surface area (Å²) in [7, 11) is 1.68. The summed E-state index contributed by atoms with van der Waals surface area (Å²) in [4.78, 5) is 15.5. The quantitative estimate of drug-likeness (QED) is 0.778. The normalized spacial score (nSPS) is 22.3. The van der Waals surface area contributed by atoms with Crippen LogP contribution in [0.2, 0.25) is 0 Å². The van der Waals surface area contributed by atoms with Crippen LogP contribution in [0, 0.1) is 0 Å². The zero-order chi connectivity index (χ0) is 18.4. The van der Waals surface area contributed by atoms with Gasteiger partial charge in [-0.1, -0.05) is 18.2 Å². The molecule has 0 bridgehead atoms. The molecule has 0 radical (unpaired) electrons. The van der Waals surface area contributed by atoms with Crippen molar-refractivity contribution in [3.8, 4) is 11.5 Å². The van der Waals surface area contributed by atoms with Gasteiger partial charge < -0.3 is 23.8 Å². The van der Waals surface area contributed by atoms with Gasteiger partial charge in [0, 0.05) is 37.1 Å². The lowest BCUT2D eigenvalue weighted by Crippen LogP contribution is -2.43. The van der Waals surface area contributed by atoms with Gasteiger partial charge >= 0.3 is 0 Å². The SMILES string of the molecule is COCCCN1C(=O)C2(COc3cc4c(cc32)OCOC4)c2ccccc21. The number of hydrogen-bond donors (Lipinski definition) is 0. The topological polar surface area (TPSA) is 57.2 Å². The van der Waals surface area contributed by atoms with Crippen molar-refractivity contribution in [1.29, 1.82) is 0 Å². The molecule has 0 saturated heterocycles. The van der Waals surface area contributed by atoms with E-state index in [2.05, 4.69) is 0 Å². The van der Waals surface area contributed by atoms with Crippen molar-refractivity contribution in [2.75, 3.05) is 38.6 Å². The van der Waals surface area contributed by atoms with Crippen molar-refractivity contribution in [3.05, 3.63) is 53.1 Å². The molecule has 3 aliphatic heterocycles. The minimum Gasteiger partial charge on any atom is -0.491 e. The van der Waals surface area contributed by atoms with Crippen LogP contribution in [0.4, 0.5) is 5.69 Å². The molecule has 1 unspecified atom stereocenters. The highest BCUT2D eigenvalue weighted by molar-refractivity contribution is 6.11. The van der Waals surface area contributed by atoms with Crippen LogP contribution in [0.1, 0.15) is 23.1 Å². The predicted molar refractivity (Wildman–Crippen MR) is 98.3 cm³/mol. The lowest BCUT2D eigenvalue weighted by molar-refractivity contribution is -0.122. The molecule has 27 heavy (non-hydrogen) atoms. The van der Waals surface area contributed by atoms with Crippen LogP contribution in [0.3, 0.4) is 0 Å². The number of fused-ring (bicyclic) bond motifs is 5. The van der Waals surface area contributed by atoms with Crippen molar-refractivity contribution in [2.45, 2.75) is 18.4 Å². The van der Waals surface area contributed by atoms with E-state index in [0.717, 1.165) is 40.3 Å². The fourth-order valence-corrected chi connectivity index (χ4v) is 4.34. The Hall–Kier alpha value is -2.57. The van der Waals surface area contributed by atoms with Gasteiger partial charge in [-0.15, -0.1) is 0 Å². The summed E-state index contributed by atoms with van der Waals surface area (Å²) in [6, 6.07) is 11.9. The molecule has 5 rings (SSSR count). The molecular formula is C21H21NO5. The molecule has 2 aromatic rings. The fourth-order valence-electron chi connectivity index (χ4n) is 4.34. The molecule has 0 aromatic heterocycles. The zero-order valence-electron chi connectivity index (χ0n) is 15.2. The molecule has 1 spiro atoms. The Balaban J connectivity index is 1.62. The highest BCUT2D eigenvalue weighted by atomic mass is 16.7. The first-order valence-corrected chi connectivity index (χ1v) is 9.17. The van der Waals surface area contributed by atoms with Crippen LogP contribution < -0.4 is 14.4 Å². The summed E-state index contributed by atoms with van der Waals surface area (Å²) in [5.74, 6) is 1.57. The summed E-state index contributed by atoms with van der Waals surface area (Å²) >= 11 is 0. The Kier molecular flexibility index (Phi) is 3.84. The van der Waals surface area contributed by atoms with Gasteiger partial charge in [0.25, 0.3) is 0 Å². The molecule has 1 atom stereocenters. The van der Waals surface area contributed by atoms with Crippen LogP contribution in [-0.4, -0.2) is 39.6 Å². The number of methoxy groups -OCH3 is 1. The van der Waals surface area contributed by atoms with Gasteiger partial charge in [-0.2, -0.15) is 0 Å². The number of carbonyl (C=O) groups excluding carboxylic acids is 1. The highest BCUT2D eigenvalue weighted by Crippen LogP contribution is 2.53. The van der Waals surface area contributed by atoms with Crippen LogP contribution >= 0.6 is 0 Å². The van der Waals surface area contributed by atoms with E-state index in [0.29, 0.717) is 26.4 Å². The third kappa shape index (κ3) is 2.30. The van der Waals surface area contributed by atoms with E-state index in [1.165, 1.54) is 0 Å². The van der Waals surface area contributed by atoms with Crippen molar-refractivity contribution >= 4 is 11.6 Å². The maximum absolute atomic E-state index is 13.7. The predicted octanol–water partition coefficient (Wildman–Crippen LogP) is 2.61. The molecule has 0 fully saturated rings. The number of rotatable bonds is 4. The zero-order valence-corrected chi connectivity index (χ0v) is 15.2. The van der Waals surface area contributed by atoms with Gasteiger partial charge in [0.05, 0.1) is 6.61 Å². The second kappa shape index (κ2) is 6.25. The van der Waals surface area contributed by atoms with Crippen molar-refractivity contribution < 1.29 is 23.7 Å². The van der Waals surface area contributed by atoms with E-state index in [-0.39, 0.29) is 12.7 Å². The summed E-state index contributed by atoms with van der Waals surface area (Å²) in [5.41, 5.74) is 2.98. The van der Waals surface area contributed by atoms with E-state index >= 15 is 0 Å². The van der Waals surface area contributed by atoms with Gasteiger partial charge in [-0.25, -0.2) is 0 Å². The lowest BCUT2D eigenvalue weighted by atomic mass is 9.77. The molecule has 0 aliphatic carbocycles. The standard InChI is InChI=1S/C21H21NO5/c1-24-8-4-7-22-17-6-3-2-5-15(17)21(20(22)23)12-26-19-9-14-11-25-13-27-18(14)10-16(19)21/h2-3,5-6,9-10H,4,7-8,11-13H2,1H3. The lowest BCUT2D eigenvalue weighted by Gasteiger charge is -2.24. The number of benzene rings is 2. The fraction of sp³-hybridized carbons (Fsp3) is 0.381. The van der Waals surface area contributed by atoms with E-state index < -0.39 is 5.41 Å². The van der Waals surface area contributed by atoms with Crippen LogP contribution in [0.5, 0.6) is 11.5 Å². The number of ether oxygens (including phenoxy) is 4. The van der Waals surface area contributed by atoms with E-state index in [4.69, 9.17) is 18.9 Å². The molecule has 0 saturated carbocycles. The van der Waals surface area contributed by atoms with Crippen molar-refractivity contribution in [1.82, 2.24) is 0 Å². The number of nitrogens with zero attached hydrogens (tertiary/aromatic N) is 1. The Morgan fingerprint density at radius 2 is 2.04 bits per heavy atom. The Bertz CT molecular complexity index is 911. The Morgan fingerprint density at radius 3 is 2.93 bits per heavy atom. The minimum atomic E-state index is -0.810. The third-order valence-electron chi connectivity index (χ3n) is 5.62. The molecule has 3 heterocycles. The van der Waals surface area contributed by atoms with Crippen molar-refractivity contribution in [3.63, 3.8) is 0 Å². The molecule has 140 valence electrons. The average molecular weight is 367 g/mol. The van der Waals surface area contributed by atoms with Gasteiger partial charge in [-0.3, -0.25) is 4.79 Å². The second-order valence-electron chi connectivity index (χ2n) is 7.08. The van der Waals surface area contributed by atoms with E-state index in [1.807, 2.05) is 41.3 Å². The monoisotopic (exact) mass is 367 g/mol. The summed E-state index contributed by atoms with van der Waals surface area (Å²) in [6.45, 7) is 2.27. The van der Waals surface area contributed by atoms with Gasteiger partial charge in [-0.05, 0) is 30.2 Å². The number of anilines is 1. The molecule has 1 amide bonds. The van der Waals surface area contributed by atoms with Crippen molar-refractivity contribution in [2.24, 2.45) is 0 Å². The molecule has 6 nitrogen and oxygen atoms in total. The summed E-state index contributed by atoms with van der Waals surface area (Å²) < 4.78 is 22.2. The first-order valence-electron chi connectivity index (χ1n) is 9.17.